The minimum atomic E-state index is -0.420. The van der Waals surface area contributed by atoms with Gasteiger partial charge in [0.1, 0.15) is 0 Å². The van der Waals surface area contributed by atoms with Gasteiger partial charge in [-0.05, 0) is 18.9 Å². The molecule has 0 aromatic heterocycles. The largest absolute Gasteiger partial charge is 0.396 e. The maximum absolute atomic E-state index is 10.5. The predicted octanol–water partition coefficient (Wildman–Crippen LogP) is 1.70. The summed E-state index contributed by atoms with van der Waals surface area (Å²) in [7, 11) is 0. The Morgan fingerprint density at radius 2 is 2.27 bits per heavy atom. The second-order valence-corrected chi connectivity index (χ2v) is 3.26. The van der Waals surface area contributed by atoms with Gasteiger partial charge in [0.25, 0.3) is 5.69 Å². The maximum Gasteiger partial charge on any atom is 0.271 e. The topological polar surface area (TPSA) is 75.4 Å². The molecule has 0 atom stereocenters. The summed E-state index contributed by atoms with van der Waals surface area (Å²) in [6.45, 7) is 2.60. The van der Waals surface area contributed by atoms with Crippen LogP contribution >= 0.6 is 0 Å². The van der Waals surface area contributed by atoms with E-state index in [1.807, 2.05) is 6.92 Å². The van der Waals surface area contributed by atoms with Crippen molar-refractivity contribution in [3.05, 3.63) is 33.9 Å². The monoisotopic (exact) mass is 210 g/mol. The van der Waals surface area contributed by atoms with Crippen LogP contribution in [0.4, 0.5) is 11.4 Å². The van der Waals surface area contributed by atoms with Crippen LogP contribution in [-0.2, 0) is 0 Å². The zero-order valence-electron chi connectivity index (χ0n) is 8.56. The second-order valence-electron chi connectivity index (χ2n) is 3.26. The Bertz CT molecular complexity index is 353. The van der Waals surface area contributed by atoms with E-state index in [-0.39, 0.29) is 12.3 Å². The normalized spacial score (nSPS) is 10.0. The highest BCUT2D eigenvalue weighted by molar-refractivity contribution is 5.56. The molecule has 0 bridgehead atoms. The molecule has 5 nitrogen and oxygen atoms in total. The van der Waals surface area contributed by atoms with Crippen molar-refractivity contribution in [2.45, 2.75) is 13.3 Å². The van der Waals surface area contributed by atoms with Crippen molar-refractivity contribution in [3.63, 3.8) is 0 Å². The molecule has 15 heavy (non-hydrogen) atoms. The van der Waals surface area contributed by atoms with Crippen molar-refractivity contribution in [2.24, 2.45) is 0 Å². The lowest BCUT2D eigenvalue weighted by molar-refractivity contribution is -0.384. The van der Waals surface area contributed by atoms with Crippen LogP contribution in [0, 0.1) is 17.0 Å². The molecule has 0 aliphatic heterocycles. The molecule has 5 heteroatoms. The highest BCUT2D eigenvalue weighted by Gasteiger charge is 2.07. The molecule has 0 spiro atoms. The lowest BCUT2D eigenvalue weighted by Crippen LogP contribution is -2.05. The first-order valence-corrected chi connectivity index (χ1v) is 4.75. The Hall–Kier alpha value is -1.62. The minimum absolute atomic E-state index is 0.0760. The van der Waals surface area contributed by atoms with Gasteiger partial charge in [-0.2, -0.15) is 0 Å². The van der Waals surface area contributed by atoms with Crippen molar-refractivity contribution in [1.29, 1.82) is 0 Å². The minimum Gasteiger partial charge on any atom is -0.396 e. The number of nitrogens with zero attached hydrogens (tertiary/aromatic N) is 1. The van der Waals surface area contributed by atoms with E-state index in [2.05, 4.69) is 5.32 Å². The summed E-state index contributed by atoms with van der Waals surface area (Å²) < 4.78 is 0. The molecule has 0 fully saturated rings. The van der Waals surface area contributed by atoms with Crippen LogP contribution in [0.15, 0.2) is 18.2 Å². The Kier molecular flexibility index (Phi) is 4.05. The molecule has 1 rings (SSSR count). The van der Waals surface area contributed by atoms with E-state index in [1.54, 1.807) is 6.07 Å². The molecule has 0 amide bonds. The fourth-order valence-electron chi connectivity index (χ4n) is 1.22. The lowest BCUT2D eigenvalue weighted by Gasteiger charge is -2.08. The first-order valence-electron chi connectivity index (χ1n) is 4.75. The number of non-ortho nitro benzene ring substituents is 1. The third-order valence-electron chi connectivity index (χ3n) is 2.08. The SMILES string of the molecule is Cc1ccc([N+](=O)[O-])cc1NCCCO. The van der Waals surface area contributed by atoms with Crippen LogP contribution in [0.25, 0.3) is 0 Å². The zero-order valence-corrected chi connectivity index (χ0v) is 8.56. The van der Waals surface area contributed by atoms with Crippen molar-refractivity contribution in [3.8, 4) is 0 Å². The van der Waals surface area contributed by atoms with Gasteiger partial charge < -0.3 is 10.4 Å². The third-order valence-corrected chi connectivity index (χ3v) is 2.08. The first kappa shape index (κ1) is 11.5. The molecule has 0 heterocycles. The molecular formula is C10H14N2O3. The van der Waals surface area contributed by atoms with Crippen LogP contribution in [0.3, 0.4) is 0 Å². The molecule has 0 radical (unpaired) electrons. The van der Waals surface area contributed by atoms with Gasteiger partial charge in [0.2, 0.25) is 0 Å². The number of aliphatic hydroxyl groups is 1. The van der Waals surface area contributed by atoms with Gasteiger partial charge in [-0.1, -0.05) is 6.07 Å². The quantitative estimate of drug-likeness (QED) is 0.440. The number of anilines is 1. The summed E-state index contributed by atoms with van der Waals surface area (Å²) >= 11 is 0. The van der Waals surface area contributed by atoms with Crippen LogP contribution in [0.2, 0.25) is 0 Å². The fourth-order valence-corrected chi connectivity index (χ4v) is 1.22. The highest BCUT2D eigenvalue weighted by Crippen LogP contribution is 2.21. The summed E-state index contributed by atoms with van der Waals surface area (Å²) in [6, 6.07) is 4.69. The van der Waals surface area contributed by atoms with Gasteiger partial charge in [-0.15, -0.1) is 0 Å². The number of rotatable bonds is 5. The summed E-state index contributed by atoms with van der Waals surface area (Å²) in [5, 5.41) is 22.2. The summed E-state index contributed by atoms with van der Waals surface area (Å²) in [5.41, 5.74) is 1.78. The van der Waals surface area contributed by atoms with E-state index in [0.717, 1.165) is 11.3 Å². The highest BCUT2D eigenvalue weighted by atomic mass is 16.6. The average Bonchev–Trinajstić information content (AvgIpc) is 2.20. The van der Waals surface area contributed by atoms with Gasteiger partial charge in [-0.3, -0.25) is 10.1 Å². The van der Waals surface area contributed by atoms with E-state index in [0.29, 0.717) is 13.0 Å². The number of benzene rings is 1. The molecule has 0 saturated carbocycles. The standard InChI is InChI=1S/C10H14N2O3/c1-8-3-4-9(12(14)15)7-10(8)11-5-2-6-13/h3-4,7,11,13H,2,5-6H2,1H3. The van der Waals surface area contributed by atoms with Crippen LogP contribution in [0.5, 0.6) is 0 Å². The van der Waals surface area contributed by atoms with E-state index in [9.17, 15) is 10.1 Å². The molecule has 0 aliphatic rings. The Labute approximate surface area is 87.9 Å². The predicted molar refractivity (Wildman–Crippen MR) is 58.0 cm³/mol. The Morgan fingerprint density at radius 3 is 2.87 bits per heavy atom. The van der Waals surface area contributed by atoms with Crippen molar-refractivity contribution >= 4 is 11.4 Å². The zero-order chi connectivity index (χ0) is 11.3. The summed E-state index contributed by atoms with van der Waals surface area (Å²) in [5.74, 6) is 0. The molecule has 1 aromatic rings. The first-order chi connectivity index (χ1) is 7.15. The van der Waals surface area contributed by atoms with E-state index < -0.39 is 4.92 Å². The number of hydrogen-bond acceptors (Lipinski definition) is 4. The molecule has 1 aromatic carbocycles. The number of nitro benzene ring substituents is 1. The fraction of sp³-hybridized carbons (Fsp3) is 0.400. The Morgan fingerprint density at radius 1 is 1.53 bits per heavy atom. The van der Waals surface area contributed by atoms with Crippen molar-refractivity contribution in [2.75, 3.05) is 18.5 Å². The number of aryl methyl sites for hydroxylation is 1. The average molecular weight is 210 g/mol. The smallest absolute Gasteiger partial charge is 0.271 e. The third kappa shape index (κ3) is 3.21. The van der Waals surface area contributed by atoms with Crippen LogP contribution < -0.4 is 5.32 Å². The van der Waals surface area contributed by atoms with Crippen LogP contribution in [-0.4, -0.2) is 23.2 Å². The van der Waals surface area contributed by atoms with Gasteiger partial charge >= 0.3 is 0 Å². The number of aliphatic hydroxyl groups excluding tert-OH is 1. The van der Waals surface area contributed by atoms with Gasteiger partial charge in [0.15, 0.2) is 0 Å². The van der Waals surface area contributed by atoms with E-state index in [1.165, 1.54) is 12.1 Å². The molecule has 0 saturated heterocycles. The maximum atomic E-state index is 10.5. The van der Waals surface area contributed by atoms with Crippen LogP contribution in [0.1, 0.15) is 12.0 Å². The molecule has 2 N–H and O–H groups in total. The molecule has 82 valence electrons. The number of nitrogens with one attached hydrogen (secondary N) is 1. The van der Waals surface area contributed by atoms with E-state index >= 15 is 0 Å². The molecular weight excluding hydrogens is 196 g/mol. The lowest BCUT2D eigenvalue weighted by atomic mass is 10.2. The van der Waals surface area contributed by atoms with E-state index in [4.69, 9.17) is 5.11 Å². The second kappa shape index (κ2) is 5.31. The van der Waals surface area contributed by atoms with Gasteiger partial charge in [0.05, 0.1) is 4.92 Å². The number of hydrogen-bond donors (Lipinski definition) is 2. The van der Waals surface area contributed by atoms with Gasteiger partial charge in [-0.25, -0.2) is 0 Å². The molecule has 0 aliphatic carbocycles. The summed E-state index contributed by atoms with van der Waals surface area (Å²) in [6.07, 6.45) is 0.627. The van der Waals surface area contributed by atoms with Crippen molar-refractivity contribution in [1.82, 2.24) is 0 Å². The summed E-state index contributed by atoms with van der Waals surface area (Å²) in [4.78, 5) is 10.1. The number of nitro groups is 1. The Balaban J connectivity index is 2.76. The molecule has 0 unspecified atom stereocenters. The van der Waals surface area contributed by atoms with Gasteiger partial charge in [0, 0.05) is 31.0 Å². The van der Waals surface area contributed by atoms with Crippen molar-refractivity contribution < 1.29 is 10.0 Å².